The Hall–Kier alpha value is -3.98. The van der Waals surface area contributed by atoms with Gasteiger partial charge in [0.05, 0.1) is 30.0 Å². The topological polar surface area (TPSA) is 107 Å². The number of aromatic nitrogens is 2. The van der Waals surface area contributed by atoms with Crippen molar-refractivity contribution in [3.8, 4) is 11.6 Å². The molecule has 1 amide bonds. The van der Waals surface area contributed by atoms with Crippen LogP contribution >= 0.6 is 0 Å². The molecule has 8 nitrogen and oxygen atoms in total. The van der Waals surface area contributed by atoms with Crippen LogP contribution in [0.15, 0.2) is 71.8 Å². The van der Waals surface area contributed by atoms with Crippen LogP contribution in [0.5, 0.6) is 11.6 Å². The first-order chi connectivity index (χ1) is 17.7. The average Bonchev–Trinajstić information content (AvgIpc) is 3.64. The zero-order chi connectivity index (χ0) is 26.4. The second-order valence-corrected chi connectivity index (χ2v) is 10.9. The summed E-state index contributed by atoms with van der Waals surface area (Å²) < 4.78 is 40.7. The molecule has 2 aromatic heterocycles. The number of rotatable bonds is 7. The molecule has 190 valence electrons. The lowest BCUT2D eigenvalue weighted by Gasteiger charge is -2.22. The monoisotopic (exact) mass is 517 g/mol. The predicted octanol–water partition coefficient (Wildman–Crippen LogP) is 4.19. The molecule has 1 aliphatic carbocycles. The Kier molecular flexibility index (Phi) is 6.11. The van der Waals surface area contributed by atoms with Crippen LogP contribution in [0.2, 0.25) is 0 Å². The maximum Gasteiger partial charge on any atom is 0.264 e. The highest BCUT2D eigenvalue weighted by Crippen LogP contribution is 2.63. The summed E-state index contributed by atoms with van der Waals surface area (Å²) in [4.78, 5) is 22.8. The number of pyridine rings is 2. The van der Waals surface area contributed by atoms with Crippen molar-refractivity contribution in [2.24, 2.45) is 0 Å². The van der Waals surface area contributed by atoms with Crippen LogP contribution in [-0.4, -0.2) is 38.5 Å². The summed E-state index contributed by atoms with van der Waals surface area (Å²) in [5.74, 6) is -0.0937. The van der Waals surface area contributed by atoms with E-state index in [2.05, 4.69) is 14.7 Å². The Morgan fingerprint density at radius 2 is 1.84 bits per heavy atom. The summed E-state index contributed by atoms with van der Waals surface area (Å²) >= 11 is 0. The number of nitrogens with one attached hydrogen (secondary N) is 1. The third-order valence-electron chi connectivity index (χ3n) is 6.92. The first kappa shape index (κ1) is 24.7. The fourth-order valence-corrected chi connectivity index (χ4v) is 6.31. The van der Waals surface area contributed by atoms with Crippen molar-refractivity contribution in [3.63, 3.8) is 0 Å². The Balaban J connectivity index is 1.61. The van der Waals surface area contributed by atoms with E-state index in [9.17, 15) is 13.2 Å². The maximum atomic E-state index is 14.0. The number of nitrogens with zero attached hydrogens (tertiary/aromatic N) is 2. The summed E-state index contributed by atoms with van der Waals surface area (Å²) in [5.41, 5.74) is 2.38. The molecule has 2 aromatic carbocycles. The lowest BCUT2D eigenvalue weighted by atomic mass is 9.88. The number of ether oxygens (including phenoxy) is 2. The summed E-state index contributed by atoms with van der Waals surface area (Å²) in [6.07, 6.45) is 1.98. The Labute approximate surface area is 215 Å². The number of carbonyl (C=O) groups is 1. The van der Waals surface area contributed by atoms with Crippen LogP contribution in [0.25, 0.3) is 10.9 Å². The minimum atomic E-state index is -4.23. The molecule has 2 atom stereocenters. The highest BCUT2D eigenvalue weighted by molar-refractivity contribution is 7.90. The van der Waals surface area contributed by atoms with Gasteiger partial charge in [0.2, 0.25) is 11.8 Å². The van der Waals surface area contributed by atoms with Crippen molar-refractivity contribution < 1.29 is 22.7 Å². The third kappa shape index (κ3) is 4.19. The molecular weight excluding hydrogens is 490 g/mol. The average molecular weight is 518 g/mol. The van der Waals surface area contributed by atoms with E-state index in [0.29, 0.717) is 34.5 Å². The molecular formula is C28H27N3O5S. The van der Waals surface area contributed by atoms with Crippen LogP contribution < -0.4 is 14.2 Å². The van der Waals surface area contributed by atoms with Gasteiger partial charge < -0.3 is 9.47 Å². The zero-order valence-corrected chi connectivity index (χ0v) is 21.8. The highest BCUT2D eigenvalue weighted by atomic mass is 32.2. The summed E-state index contributed by atoms with van der Waals surface area (Å²) in [6, 6.07) is 17.5. The van der Waals surface area contributed by atoms with Gasteiger partial charge in [-0.3, -0.25) is 9.78 Å². The molecule has 1 saturated carbocycles. The molecule has 1 N–H and O–H groups in total. The van der Waals surface area contributed by atoms with Gasteiger partial charge in [-0.05, 0) is 56.7 Å². The van der Waals surface area contributed by atoms with Gasteiger partial charge in [-0.1, -0.05) is 29.8 Å². The molecule has 0 radical (unpaired) electrons. The highest BCUT2D eigenvalue weighted by Gasteiger charge is 2.64. The third-order valence-corrected chi connectivity index (χ3v) is 8.31. The molecule has 0 bridgehead atoms. The predicted molar refractivity (Wildman–Crippen MR) is 139 cm³/mol. The van der Waals surface area contributed by atoms with Crippen molar-refractivity contribution >= 4 is 26.8 Å². The van der Waals surface area contributed by atoms with Crippen molar-refractivity contribution in [2.75, 3.05) is 14.2 Å². The van der Waals surface area contributed by atoms with Crippen LogP contribution in [0.3, 0.4) is 0 Å². The first-order valence-electron chi connectivity index (χ1n) is 11.8. The van der Waals surface area contributed by atoms with Crippen molar-refractivity contribution in [2.45, 2.75) is 36.5 Å². The fourth-order valence-electron chi connectivity index (χ4n) is 5.05. The number of amides is 1. The lowest BCUT2D eigenvalue weighted by Crippen LogP contribution is -2.40. The quantitative estimate of drug-likeness (QED) is 0.392. The smallest absolute Gasteiger partial charge is 0.264 e. The largest absolute Gasteiger partial charge is 0.496 e. The first-order valence-corrected chi connectivity index (χ1v) is 13.3. The molecule has 0 aliphatic heterocycles. The fraction of sp³-hybridized carbons (Fsp3) is 0.250. The normalized spacial score (nSPS) is 18.9. The summed E-state index contributed by atoms with van der Waals surface area (Å²) in [7, 11) is -1.18. The molecule has 5 rings (SSSR count). The molecule has 4 aromatic rings. The van der Waals surface area contributed by atoms with E-state index in [-0.39, 0.29) is 10.8 Å². The molecule has 0 saturated heterocycles. The molecule has 1 fully saturated rings. The molecule has 37 heavy (non-hydrogen) atoms. The van der Waals surface area contributed by atoms with Gasteiger partial charge in [-0.15, -0.1) is 0 Å². The van der Waals surface area contributed by atoms with Crippen LogP contribution in [0.1, 0.15) is 34.7 Å². The summed E-state index contributed by atoms with van der Waals surface area (Å²) in [6.45, 7) is 3.75. The maximum absolute atomic E-state index is 14.0. The van der Waals surface area contributed by atoms with Crippen molar-refractivity contribution in [1.82, 2.24) is 14.7 Å². The van der Waals surface area contributed by atoms with Gasteiger partial charge in [-0.25, -0.2) is 18.1 Å². The second kappa shape index (κ2) is 9.15. The number of aryl methyl sites for hydroxylation is 2. The Morgan fingerprint density at radius 3 is 2.59 bits per heavy atom. The second-order valence-electron chi connectivity index (χ2n) is 9.24. The van der Waals surface area contributed by atoms with Gasteiger partial charge in [0.15, 0.2) is 0 Å². The molecule has 0 unspecified atom stereocenters. The SMILES string of the molecule is COc1ccc(C)cc1[C@@]1(C(=O)NS(=O)(=O)c2cccc3nc(C)ccc23)C[C@H]1c1cccnc1OC. The van der Waals surface area contributed by atoms with E-state index in [1.807, 2.05) is 32.0 Å². The molecule has 0 spiro atoms. The van der Waals surface area contributed by atoms with Crippen LogP contribution in [0.4, 0.5) is 0 Å². The van der Waals surface area contributed by atoms with E-state index in [0.717, 1.165) is 16.8 Å². The van der Waals surface area contributed by atoms with Gasteiger partial charge >= 0.3 is 0 Å². The number of methoxy groups -OCH3 is 2. The Bertz CT molecular complexity index is 1640. The van der Waals surface area contributed by atoms with E-state index in [1.54, 1.807) is 42.6 Å². The van der Waals surface area contributed by atoms with Gasteiger partial charge in [0, 0.05) is 34.3 Å². The number of hydrogen-bond donors (Lipinski definition) is 1. The van der Waals surface area contributed by atoms with Crippen molar-refractivity contribution in [1.29, 1.82) is 0 Å². The van der Waals surface area contributed by atoms with Crippen LogP contribution in [-0.2, 0) is 20.2 Å². The summed E-state index contributed by atoms with van der Waals surface area (Å²) in [5, 5.41) is 0.442. The minimum absolute atomic E-state index is 0.00614. The van der Waals surface area contributed by atoms with E-state index < -0.39 is 21.3 Å². The molecule has 1 aliphatic rings. The number of hydrogen-bond acceptors (Lipinski definition) is 7. The van der Waals surface area contributed by atoms with Crippen LogP contribution in [0, 0.1) is 13.8 Å². The van der Waals surface area contributed by atoms with Gasteiger partial charge in [0.1, 0.15) is 5.75 Å². The minimum Gasteiger partial charge on any atom is -0.496 e. The Morgan fingerprint density at radius 1 is 1.03 bits per heavy atom. The van der Waals surface area contributed by atoms with E-state index >= 15 is 0 Å². The molecule has 9 heteroatoms. The van der Waals surface area contributed by atoms with Gasteiger partial charge in [-0.2, -0.15) is 0 Å². The zero-order valence-electron chi connectivity index (χ0n) is 21.0. The number of sulfonamides is 1. The molecule has 2 heterocycles. The number of fused-ring (bicyclic) bond motifs is 1. The standard InChI is InChI=1S/C28H27N3O5S/c1-17-10-13-24(35-3)21(15-17)28(16-22(28)19-7-6-14-29-26(19)36-4)27(32)31-37(33,34)25-9-5-8-23-20(25)12-11-18(2)30-23/h5-15,22H,16H2,1-4H3,(H,31,32)/t22-,28-/m0/s1. The number of carbonyl (C=O) groups excluding carboxylic acids is 1. The number of benzene rings is 2. The van der Waals surface area contributed by atoms with Crippen molar-refractivity contribution in [3.05, 3.63) is 89.2 Å². The van der Waals surface area contributed by atoms with Gasteiger partial charge in [0.25, 0.3) is 10.0 Å². The van der Waals surface area contributed by atoms with E-state index in [4.69, 9.17) is 9.47 Å². The lowest BCUT2D eigenvalue weighted by molar-refractivity contribution is -0.122. The van der Waals surface area contributed by atoms with E-state index in [1.165, 1.54) is 20.3 Å².